The van der Waals surface area contributed by atoms with E-state index >= 15 is 0 Å². The molecule has 0 aliphatic heterocycles. The van der Waals surface area contributed by atoms with Gasteiger partial charge in [-0.25, -0.2) is 0 Å². The minimum atomic E-state index is 0.282. The van der Waals surface area contributed by atoms with Crippen LogP contribution in [0.2, 0.25) is 0 Å². The van der Waals surface area contributed by atoms with Crippen LogP contribution in [-0.2, 0) is 6.42 Å². The maximum atomic E-state index is 5.23. The first-order chi connectivity index (χ1) is 4.74. The Morgan fingerprint density at radius 2 is 2.40 bits per heavy atom. The molecule has 1 atom stereocenters. The SMILES string of the molecule is CCc1cc(C(C)S)co1. The second kappa shape index (κ2) is 3.15. The van der Waals surface area contributed by atoms with Crippen LogP contribution in [0, 0.1) is 0 Å². The van der Waals surface area contributed by atoms with E-state index in [1.54, 1.807) is 6.26 Å². The molecule has 0 fully saturated rings. The maximum Gasteiger partial charge on any atom is 0.103 e. The average molecular weight is 156 g/mol. The summed E-state index contributed by atoms with van der Waals surface area (Å²) in [6, 6.07) is 2.05. The van der Waals surface area contributed by atoms with Gasteiger partial charge in [0.2, 0.25) is 0 Å². The summed E-state index contributed by atoms with van der Waals surface area (Å²) in [7, 11) is 0. The van der Waals surface area contributed by atoms with Crippen LogP contribution >= 0.6 is 12.6 Å². The van der Waals surface area contributed by atoms with Gasteiger partial charge in [-0.1, -0.05) is 6.92 Å². The first kappa shape index (κ1) is 7.73. The van der Waals surface area contributed by atoms with Gasteiger partial charge in [-0.3, -0.25) is 0 Å². The molecule has 1 aromatic heterocycles. The Labute approximate surface area is 66.8 Å². The summed E-state index contributed by atoms with van der Waals surface area (Å²) in [6.07, 6.45) is 2.73. The summed E-state index contributed by atoms with van der Waals surface area (Å²) in [6.45, 7) is 4.11. The van der Waals surface area contributed by atoms with Crippen LogP contribution in [0.4, 0.5) is 0 Å². The van der Waals surface area contributed by atoms with E-state index in [-0.39, 0.29) is 5.25 Å². The number of hydrogen-bond acceptors (Lipinski definition) is 2. The predicted octanol–water partition coefficient (Wildman–Crippen LogP) is 2.83. The van der Waals surface area contributed by atoms with Crippen molar-refractivity contribution in [1.29, 1.82) is 0 Å². The number of rotatable bonds is 2. The quantitative estimate of drug-likeness (QED) is 0.650. The first-order valence-electron chi connectivity index (χ1n) is 3.49. The molecule has 0 radical (unpaired) electrons. The smallest absolute Gasteiger partial charge is 0.103 e. The predicted molar refractivity (Wildman–Crippen MR) is 45.5 cm³/mol. The van der Waals surface area contributed by atoms with E-state index in [0.29, 0.717) is 0 Å². The van der Waals surface area contributed by atoms with Crippen molar-refractivity contribution in [2.24, 2.45) is 0 Å². The Bertz CT molecular complexity index is 203. The second-order valence-electron chi connectivity index (χ2n) is 2.38. The van der Waals surface area contributed by atoms with Crippen LogP contribution in [-0.4, -0.2) is 0 Å². The van der Waals surface area contributed by atoms with Crippen LogP contribution in [0.3, 0.4) is 0 Å². The Morgan fingerprint density at radius 1 is 1.70 bits per heavy atom. The fraction of sp³-hybridized carbons (Fsp3) is 0.500. The normalized spacial score (nSPS) is 13.5. The molecule has 2 heteroatoms. The molecule has 0 bridgehead atoms. The van der Waals surface area contributed by atoms with E-state index in [2.05, 4.69) is 25.6 Å². The van der Waals surface area contributed by atoms with Gasteiger partial charge in [-0.15, -0.1) is 0 Å². The highest BCUT2D eigenvalue weighted by Gasteiger charge is 2.03. The minimum Gasteiger partial charge on any atom is -0.469 e. The highest BCUT2D eigenvalue weighted by Crippen LogP contribution is 2.21. The zero-order chi connectivity index (χ0) is 7.56. The van der Waals surface area contributed by atoms with Crippen LogP contribution in [0.1, 0.15) is 30.4 Å². The lowest BCUT2D eigenvalue weighted by molar-refractivity contribution is 0.514. The standard InChI is InChI=1S/C8H12OS/c1-3-8-4-7(5-9-8)6(2)10/h4-6,10H,3H2,1-2H3. The van der Waals surface area contributed by atoms with Crippen molar-refractivity contribution in [3.05, 3.63) is 23.7 Å². The van der Waals surface area contributed by atoms with Gasteiger partial charge in [0.1, 0.15) is 5.76 Å². The highest BCUT2D eigenvalue weighted by atomic mass is 32.1. The van der Waals surface area contributed by atoms with E-state index in [1.165, 1.54) is 5.56 Å². The second-order valence-corrected chi connectivity index (χ2v) is 3.15. The molecule has 0 aromatic carbocycles. The molecule has 0 amide bonds. The summed E-state index contributed by atoms with van der Waals surface area (Å²) >= 11 is 4.28. The van der Waals surface area contributed by atoms with Crippen molar-refractivity contribution in [1.82, 2.24) is 0 Å². The summed E-state index contributed by atoms with van der Waals surface area (Å²) in [5, 5.41) is 0.282. The molecule has 1 unspecified atom stereocenters. The molecular formula is C8H12OS. The monoisotopic (exact) mass is 156 g/mol. The lowest BCUT2D eigenvalue weighted by Crippen LogP contribution is -1.77. The molecule has 1 heterocycles. The Hall–Kier alpha value is -0.370. The minimum absolute atomic E-state index is 0.282. The van der Waals surface area contributed by atoms with Gasteiger partial charge in [0.25, 0.3) is 0 Å². The lowest BCUT2D eigenvalue weighted by Gasteiger charge is -1.94. The van der Waals surface area contributed by atoms with E-state index in [9.17, 15) is 0 Å². The molecule has 10 heavy (non-hydrogen) atoms. The summed E-state index contributed by atoms with van der Waals surface area (Å²) in [4.78, 5) is 0. The number of hydrogen-bond donors (Lipinski definition) is 1. The molecule has 1 rings (SSSR count). The number of furan rings is 1. The van der Waals surface area contributed by atoms with Gasteiger partial charge < -0.3 is 4.42 Å². The van der Waals surface area contributed by atoms with E-state index in [0.717, 1.165) is 12.2 Å². The van der Waals surface area contributed by atoms with Crippen molar-refractivity contribution < 1.29 is 4.42 Å². The van der Waals surface area contributed by atoms with Crippen LogP contribution in [0.15, 0.2) is 16.7 Å². The lowest BCUT2D eigenvalue weighted by atomic mass is 10.2. The fourth-order valence-corrected chi connectivity index (χ4v) is 0.938. The highest BCUT2D eigenvalue weighted by molar-refractivity contribution is 7.80. The zero-order valence-electron chi connectivity index (χ0n) is 6.29. The number of aryl methyl sites for hydroxylation is 1. The topological polar surface area (TPSA) is 13.1 Å². The average Bonchev–Trinajstić information content (AvgIpc) is 2.34. The van der Waals surface area contributed by atoms with Crippen molar-refractivity contribution in [3.63, 3.8) is 0 Å². The summed E-state index contributed by atoms with van der Waals surface area (Å²) < 4.78 is 5.23. The molecule has 0 saturated heterocycles. The molecule has 0 saturated carbocycles. The van der Waals surface area contributed by atoms with Gasteiger partial charge in [0.05, 0.1) is 6.26 Å². The zero-order valence-corrected chi connectivity index (χ0v) is 7.19. The largest absolute Gasteiger partial charge is 0.469 e. The van der Waals surface area contributed by atoms with E-state index in [4.69, 9.17) is 4.42 Å². The Balaban J connectivity index is 2.78. The van der Waals surface area contributed by atoms with Gasteiger partial charge in [0.15, 0.2) is 0 Å². The van der Waals surface area contributed by atoms with E-state index < -0.39 is 0 Å². The van der Waals surface area contributed by atoms with Crippen LogP contribution in [0.5, 0.6) is 0 Å². The fourth-order valence-electron chi connectivity index (χ4n) is 0.802. The third kappa shape index (κ3) is 1.57. The Morgan fingerprint density at radius 3 is 2.70 bits per heavy atom. The van der Waals surface area contributed by atoms with Gasteiger partial charge in [-0.05, 0) is 13.0 Å². The van der Waals surface area contributed by atoms with Crippen LogP contribution in [0.25, 0.3) is 0 Å². The molecule has 1 nitrogen and oxygen atoms in total. The third-order valence-electron chi connectivity index (χ3n) is 1.50. The summed E-state index contributed by atoms with van der Waals surface area (Å²) in [5.41, 5.74) is 1.17. The van der Waals surface area contributed by atoms with Crippen molar-refractivity contribution in [2.45, 2.75) is 25.5 Å². The van der Waals surface area contributed by atoms with Crippen LogP contribution < -0.4 is 0 Å². The molecule has 56 valence electrons. The Kier molecular flexibility index (Phi) is 2.44. The van der Waals surface area contributed by atoms with Crippen molar-refractivity contribution in [3.8, 4) is 0 Å². The first-order valence-corrected chi connectivity index (χ1v) is 4.01. The molecule has 1 aromatic rings. The van der Waals surface area contributed by atoms with Crippen molar-refractivity contribution in [2.75, 3.05) is 0 Å². The number of thiol groups is 1. The van der Waals surface area contributed by atoms with E-state index in [1.807, 2.05) is 6.92 Å². The van der Waals surface area contributed by atoms with Crippen molar-refractivity contribution >= 4 is 12.6 Å². The van der Waals surface area contributed by atoms with Gasteiger partial charge in [-0.2, -0.15) is 12.6 Å². The molecular weight excluding hydrogens is 144 g/mol. The molecule has 0 spiro atoms. The summed E-state index contributed by atoms with van der Waals surface area (Å²) in [5.74, 6) is 1.04. The van der Waals surface area contributed by atoms with Gasteiger partial charge in [0, 0.05) is 17.2 Å². The van der Waals surface area contributed by atoms with Gasteiger partial charge >= 0.3 is 0 Å². The third-order valence-corrected chi connectivity index (χ3v) is 1.80. The molecule has 0 aliphatic rings. The molecule has 0 N–H and O–H groups in total. The molecule has 0 aliphatic carbocycles. The maximum absolute atomic E-state index is 5.23.